The number of carbonyl (C=O) groups excluding carboxylic acids is 2. The van der Waals surface area contributed by atoms with Crippen molar-refractivity contribution in [3.63, 3.8) is 0 Å². The number of benzene rings is 2. The molecule has 0 radical (unpaired) electrons. The van der Waals surface area contributed by atoms with Gasteiger partial charge in [-0.05, 0) is 74.6 Å². The van der Waals surface area contributed by atoms with Crippen molar-refractivity contribution in [2.24, 2.45) is 23.0 Å². The molecule has 2 aromatic rings. The topological polar surface area (TPSA) is 118 Å². The molecule has 4 aliphatic rings. The average molecular weight is 454 g/mol. The summed E-state index contributed by atoms with van der Waals surface area (Å²) in [4.78, 5) is 25.8. The van der Waals surface area contributed by atoms with Crippen LogP contribution in [0.5, 0.6) is 0 Å². The molecular formula is C24H27N3O4S. The number of anilines is 1. The van der Waals surface area contributed by atoms with Crippen LogP contribution >= 0.6 is 0 Å². The Bertz CT molecular complexity index is 1160. The normalized spacial score (nSPS) is 30.6. The minimum Gasteiger partial charge on any atom is -0.369 e. The Hall–Kier alpha value is -2.87. The van der Waals surface area contributed by atoms with E-state index >= 15 is 0 Å². The minimum absolute atomic E-state index is 0.125. The van der Waals surface area contributed by atoms with Crippen molar-refractivity contribution in [3.8, 4) is 0 Å². The van der Waals surface area contributed by atoms with Crippen LogP contribution in [0.4, 0.5) is 5.69 Å². The molecule has 4 bridgehead atoms. The van der Waals surface area contributed by atoms with Crippen molar-refractivity contribution in [2.75, 3.05) is 4.72 Å². The standard InChI is InChI=1S/C24H27N3O4S/c25-22(29)23-11-16-10-17(12-23)14-24(13-16,15-23)26-21(28)19-8-4-5-9-20(19)27-32(30,31)18-6-2-1-3-7-18/h1-9,16-17,27H,10-15H2,(H2,25,29)(H,26,28). The fourth-order valence-corrected chi connectivity index (χ4v) is 7.68. The van der Waals surface area contributed by atoms with E-state index < -0.39 is 21.0 Å². The SMILES string of the molecule is NC(=O)C12CC3CC(CC(NC(=O)c4ccccc4NS(=O)(=O)c4ccccc4)(C3)C1)C2. The van der Waals surface area contributed by atoms with Gasteiger partial charge in [0.1, 0.15) is 0 Å². The Balaban J connectivity index is 1.41. The Kier molecular flexibility index (Phi) is 4.81. The minimum atomic E-state index is -3.83. The van der Waals surface area contributed by atoms with Crippen LogP contribution in [-0.4, -0.2) is 25.8 Å². The lowest BCUT2D eigenvalue weighted by Crippen LogP contribution is -2.65. The summed E-state index contributed by atoms with van der Waals surface area (Å²) in [6.07, 6.45) is 4.93. The molecule has 168 valence electrons. The van der Waals surface area contributed by atoms with E-state index in [4.69, 9.17) is 5.73 Å². The van der Waals surface area contributed by atoms with Gasteiger partial charge < -0.3 is 11.1 Å². The second-order valence-electron chi connectivity index (χ2n) is 9.80. The van der Waals surface area contributed by atoms with Gasteiger partial charge in [0.15, 0.2) is 0 Å². The van der Waals surface area contributed by atoms with Crippen molar-refractivity contribution >= 4 is 27.5 Å². The summed E-state index contributed by atoms with van der Waals surface area (Å²) in [6.45, 7) is 0. The summed E-state index contributed by atoms with van der Waals surface area (Å²) < 4.78 is 28.2. The smallest absolute Gasteiger partial charge is 0.261 e. The largest absolute Gasteiger partial charge is 0.369 e. The summed E-state index contributed by atoms with van der Waals surface area (Å²) >= 11 is 0. The van der Waals surface area contributed by atoms with E-state index in [1.54, 1.807) is 42.5 Å². The fourth-order valence-electron chi connectivity index (χ4n) is 6.58. The summed E-state index contributed by atoms with van der Waals surface area (Å²) in [5, 5.41) is 3.20. The molecule has 32 heavy (non-hydrogen) atoms. The van der Waals surface area contributed by atoms with Gasteiger partial charge in [-0.1, -0.05) is 30.3 Å². The van der Waals surface area contributed by atoms with Gasteiger partial charge in [0, 0.05) is 5.54 Å². The van der Waals surface area contributed by atoms with E-state index in [1.165, 1.54) is 12.1 Å². The number of primary amides is 1. The molecule has 0 saturated heterocycles. The Labute approximate surface area is 187 Å². The molecule has 0 spiro atoms. The van der Waals surface area contributed by atoms with Crippen LogP contribution in [0.3, 0.4) is 0 Å². The first-order valence-electron chi connectivity index (χ1n) is 11.0. The molecule has 4 aliphatic carbocycles. The van der Waals surface area contributed by atoms with Gasteiger partial charge in [0.05, 0.1) is 21.6 Å². The highest BCUT2D eigenvalue weighted by Gasteiger charge is 2.60. The molecule has 4 N–H and O–H groups in total. The molecule has 2 atom stereocenters. The van der Waals surface area contributed by atoms with E-state index in [9.17, 15) is 18.0 Å². The maximum atomic E-state index is 13.4. The fraction of sp³-hybridized carbons (Fsp3) is 0.417. The number of amides is 2. The van der Waals surface area contributed by atoms with E-state index in [1.807, 2.05) is 0 Å². The Morgan fingerprint density at radius 1 is 0.906 bits per heavy atom. The number of hydrogen-bond donors (Lipinski definition) is 3. The summed E-state index contributed by atoms with van der Waals surface area (Å²) in [6, 6.07) is 14.6. The number of sulfonamides is 1. The third-order valence-corrected chi connectivity index (χ3v) is 8.81. The Morgan fingerprint density at radius 3 is 2.19 bits per heavy atom. The summed E-state index contributed by atoms with van der Waals surface area (Å²) in [5.74, 6) is 0.172. The number of rotatable bonds is 6. The molecule has 0 heterocycles. The molecule has 7 nitrogen and oxygen atoms in total. The molecule has 0 aromatic heterocycles. The van der Waals surface area contributed by atoms with Gasteiger partial charge in [-0.2, -0.15) is 0 Å². The van der Waals surface area contributed by atoms with Crippen molar-refractivity contribution in [1.29, 1.82) is 0 Å². The summed E-state index contributed by atoms with van der Waals surface area (Å²) in [5.41, 5.74) is 5.29. The second kappa shape index (κ2) is 7.33. The summed E-state index contributed by atoms with van der Waals surface area (Å²) in [7, 11) is -3.83. The van der Waals surface area contributed by atoms with Gasteiger partial charge in [0.25, 0.3) is 15.9 Å². The zero-order valence-electron chi connectivity index (χ0n) is 17.7. The van der Waals surface area contributed by atoms with Crippen molar-refractivity contribution in [2.45, 2.75) is 49.0 Å². The average Bonchev–Trinajstić information content (AvgIpc) is 2.73. The number of para-hydroxylation sites is 1. The lowest BCUT2D eigenvalue weighted by atomic mass is 9.46. The van der Waals surface area contributed by atoms with E-state index in [0.717, 1.165) is 32.1 Å². The third kappa shape index (κ3) is 3.56. The van der Waals surface area contributed by atoms with Crippen LogP contribution in [0.15, 0.2) is 59.5 Å². The maximum Gasteiger partial charge on any atom is 0.261 e. The first kappa shape index (κ1) is 21.0. The lowest BCUT2D eigenvalue weighted by Gasteiger charge is -2.61. The van der Waals surface area contributed by atoms with Gasteiger partial charge in [-0.15, -0.1) is 0 Å². The van der Waals surface area contributed by atoms with Gasteiger partial charge >= 0.3 is 0 Å². The predicted octanol–water partition coefficient (Wildman–Crippen LogP) is 3.04. The molecule has 6 rings (SSSR count). The molecule has 0 aliphatic heterocycles. The van der Waals surface area contributed by atoms with Crippen LogP contribution in [0.1, 0.15) is 48.9 Å². The van der Waals surface area contributed by atoms with E-state index in [-0.39, 0.29) is 28.0 Å². The van der Waals surface area contributed by atoms with Crippen molar-refractivity contribution in [3.05, 3.63) is 60.2 Å². The van der Waals surface area contributed by atoms with Crippen LogP contribution < -0.4 is 15.8 Å². The van der Waals surface area contributed by atoms with Crippen LogP contribution in [0.2, 0.25) is 0 Å². The van der Waals surface area contributed by atoms with E-state index in [0.29, 0.717) is 18.3 Å². The number of hydrogen-bond acceptors (Lipinski definition) is 4. The highest BCUT2D eigenvalue weighted by atomic mass is 32.2. The third-order valence-electron chi connectivity index (χ3n) is 7.43. The van der Waals surface area contributed by atoms with Gasteiger partial charge in [0.2, 0.25) is 5.91 Å². The predicted molar refractivity (Wildman–Crippen MR) is 120 cm³/mol. The maximum absolute atomic E-state index is 13.4. The second-order valence-corrected chi connectivity index (χ2v) is 11.5. The highest BCUT2D eigenvalue weighted by molar-refractivity contribution is 7.92. The molecule has 4 saturated carbocycles. The number of nitrogens with one attached hydrogen (secondary N) is 2. The first-order valence-corrected chi connectivity index (χ1v) is 12.5. The molecular weight excluding hydrogens is 426 g/mol. The van der Waals surface area contributed by atoms with E-state index in [2.05, 4.69) is 10.0 Å². The number of carbonyl (C=O) groups is 2. The van der Waals surface area contributed by atoms with Crippen LogP contribution in [-0.2, 0) is 14.8 Å². The van der Waals surface area contributed by atoms with Gasteiger partial charge in [-0.25, -0.2) is 8.42 Å². The molecule has 2 unspecified atom stereocenters. The lowest BCUT2D eigenvalue weighted by molar-refractivity contribution is -0.146. The van der Waals surface area contributed by atoms with Crippen LogP contribution in [0.25, 0.3) is 0 Å². The molecule has 2 amide bonds. The quantitative estimate of drug-likeness (QED) is 0.623. The zero-order valence-corrected chi connectivity index (χ0v) is 18.5. The first-order chi connectivity index (χ1) is 15.2. The molecule has 4 fully saturated rings. The molecule has 8 heteroatoms. The Morgan fingerprint density at radius 2 is 1.53 bits per heavy atom. The molecule has 2 aromatic carbocycles. The highest BCUT2D eigenvalue weighted by Crippen LogP contribution is 2.61. The monoisotopic (exact) mass is 453 g/mol. The van der Waals surface area contributed by atoms with Gasteiger partial charge in [-0.3, -0.25) is 14.3 Å². The zero-order chi connectivity index (χ0) is 22.6. The van der Waals surface area contributed by atoms with Crippen LogP contribution in [0, 0.1) is 17.3 Å². The van der Waals surface area contributed by atoms with Crippen molar-refractivity contribution in [1.82, 2.24) is 5.32 Å². The number of nitrogens with two attached hydrogens (primary N) is 1. The van der Waals surface area contributed by atoms with Crippen molar-refractivity contribution < 1.29 is 18.0 Å².